The van der Waals surface area contributed by atoms with Gasteiger partial charge in [-0.05, 0) is 46.2 Å². The van der Waals surface area contributed by atoms with Gasteiger partial charge >= 0.3 is 0 Å². The first kappa shape index (κ1) is 22.7. The van der Waals surface area contributed by atoms with Crippen molar-refractivity contribution >= 4 is 38.3 Å². The molecule has 0 aliphatic heterocycles. The summed E-state index contributed by atoms with van der Waals surface area (Å²) in [4.78, 5) is 14.6. The maximum atomic E-state index is 7.64. The molecule has 0 unspecified atom stereocenters. The van der Waals surface area contributed by atoms with Crippen LogP contribution in [-0.2, 0) is 5.41 Å². The van der Waals surface area contributed by atoms with Crippen molar-refractivity contribution < 1.29 is 0 Å². The SMILES string of the molecule is [C-]#[N+]c1cccc(-c2nc3c(nc2-n2c4ccccc4c4cc5ccccc5cc42)C(C)(C)c2ccccc2-3)c1. The summed E-state index contributed by atoms with van der Waals surface area (Å²) < 4.78 is 2.27. The highest BCUT2D eigenvalue weighted by Crippen LogP contribution is 2.48. The van der Waals surface area contributed by atoms with E-state index >= 15 is 0 Å². The minimum Gasteiger partial charge on any atom is -0.292 e. The Kier molecular flexibility index (Phi) is 4.60. The maximum Gasteiger partial charge on any atom is 0.187 e. The lowest BCUT2D eigenvalue weighted by molar-refractivity contribution is 0.633. The first-order valence-electron chi connectivity index (χ1n) is 13.5. The fourth-order valence-corrected chi connectivity index (χ4v) is 6.37. The molecular weight excluding hydrogens is 488 g/mol. The van der Waals surface area contributed by atoms with Crippen molar-refractivity contribution in [3.63, 3.8) is 0 Å². The van der Waals surface area contributed by atoms with Crippen molar-refractivity contribution in [2.75, 3.05) is 0 Å². The minimum atomic E-state index is -0.296. The van der Waals surface area contributed by atoms with Gasteiger partial charge in [-0.25, -0.2) is 14.8 Å². The molecule has 2 heterocycles. The van der Waals surface area contributed by atoms with E-state index in [9.17, 15) is 0 Å². The van der Waals surface area contributed by atoms with E-state index in [4.69, 9.17) is 16.5 Å². The van der Waals surface area contributed by atoms with Crippen LogP contribution in [0, 0.1) is 6.57 Å². The van der Waals surface area contributed by atoms with Crippen LogP contribution in [0.3, 0.4) is 0 Å². The Morgan fingerprint density at radius 3 is 2.27 bits per heavy atom. The van der Waals surface area contributed by atoms with Gasteiger partial charge in [0.25, 0.3) is 0 Å². The summed E-state index contributed by atoms with van der Waals surface area (Å²) in [6, 6.07) is 37.7. The molecule has 8 rings (SSSR count). The van der Waals surface area contributed by atoms with Crippen LogP contribution in [0.2, 0.25) is 0 Å². The summed E-state index contributed by atoms with van der Waals surface area (Å²) in [5, 5.41) is 4.74. The summed E-state index contributed by atoms with van der Waals surface area (Å²) in [5.74, 6) is 0.781. The monoisotopic (exact) mass is 512 g/mol. The number of hydrogen-bond donors (Lipinski definition) is 0. The van der Waals surface area contributed by atoms with E-state index in [-0.39, 0.29) is 5.41 Å². The molecule has 0 saturated carbocycles. The predicted octanol–water partition coefficient (Wildman–Crippen LogP) is 9.25. The van der Waals surface area contributed by atoms with Gasteiger partial charge < -0.3 is 0 Å². The Hall–Kier alpha value is -5.27. The van der Waals surface area contributed by atoms with E-state index in [1.807, 2.05) is 24.3 Å². The average molecular weight is 513 g/mol. The van der Waals surface area contributed by atoms with Crippen molar-refractivity contribution in [3.8, 4) is 28.3 Å². The van der Waals surface area contributed by atoms with Gasteiger partial charge in [0.15, 0.2) is 11.5 Å². The van der Waals surface area contributed by atoms with Crippen molar-refractivity contribution in [1.29, 1.82) is 0 Å². The van der Waals surface area contributed by atoms with Crippen LogP contribution in [0.15, 0.2) is 109 Å². The molecule has 0 atom stereocenters. The van der Waals surface area contributed by atoms with Crippen molar-refractivity contribution in [1.82, 2.24) is 14.5 Å². The molecule has 0 fully saturated rings. The van der Waals surface area contributed by atoms with E-state index in [0.717, 1.165) is 45.1 Å². The molecule has 4 nitrogen and oxygen atoms in total. The molecule has 0 spiro atoms. The number of hydrogen-bond acceptors (Lipinski definition) is 2. The molecule has 0 N–H and O–H groups in total. The number of fused-ring (bicyclic) bond motifs is 7. The summed E-state index contributed by atoms with van der Waals surface area (Å²) in [5.41, 5.74) is 8.35. The third-order valence-corrected chi connectivity index (χ3v) is 8.33. The van der Waals surface area contributed by atoms with E-state index in [1.54, 1.807) is 0 Å². The van der Waals surface area contributed by atoms with Gasteiger partial charge in [-0.15, -0.1) is 0 Å². The topological polar surface area (TPSA) is 35.1 Å². The van der Waals surface area contributed by atoms with Crippen LogP contribution in [0.25, 0.3) is 65.8 Å². The molecule has 40 heavy (non-hydrogen) atoms. The Labute approximate surface area is 232 Å². The van der Waals surface area contributed by atoms with Crippen LogP contribution < -0.4 is 0 Å². The summed E-state index contributed by atoms with van der Waals surface area (Å²) in [6.45, 7) is 12.1. The standard InChI is InChI=1S/C36H24N4/c1-36(2)29-17-8-6-16-27(29)33-34(36)39-35(32(38-33)24-13-10-14-25(19-24)37-3)40-30-18-9-7-15-26(30)28-20-22-11-4-5-12-23(22)21-31(28)40/h4-21H,1-2H3. The van der Waals surface area contributed by atoms with Crippen LogP contribution in [0.1, 0.15) is 25.1 Å². The highest BCUT2D eigenvalue weighted by Gasteiger charge is 2.39. The third-order valence-electron chi connectivity index (χ3n) is 8.33. The Morgan fingerprint density at radius 1 is 0.675 bits per heavy atom. The van der Waals surface area contributed by atoms with Gasteiger partial charge in [-0.2, -0.15) is 0 Å². The molecule has 0 saturated heterocycles. The zero-order chi connectivity index (χ0) is 27.0. The Bertz CT molecular complexity index is 2210. The molecule has 5 aromatic carbocycles. The van der Waals surface area contributed by atoms with Gasteiger partial charge in [0.1, 0.15) is 5.69 Å². The van der Waals surface area contributed by atoms with E-state index in [2.05, 4.69) is 108 Å². The van der Waals surface area contributed by atoms with Crippen LogP contribution in [0.5, 0.6) is 0 Å². The number of para-hydroxylation sites is 1. The summed E-state index contributed by atoms with van der Waals surface area (Å²) >= 11 is 0. The lowest BCUT2D eigenvalue weighted by Gasteiger charge is -2.22. The quantitative estimate of drug-likeness (QED) is 0.216. The zero-order valence-electron chi connectivity index (χ0n) is 22.2. The highest BCUT2D eigenvalue weighted by molar-refractivity contribution is 6.13. The smallest absolute Gasteiger partial charge is 0.187 e. The summed E-state index contributed by atoms with van der Waals surface area (Å²) in [7, 11) is 0. The molecule has 0 bridgehead atoms. The second-order valence-electron chi connectivity index (χ2n) is 11.0. The van der Waals surface area contributed by atoms with Gasteiger partial charge in [0.2, 0.25) is 0 Å². The molecule has 7 aromatic rings. The summed E-state index contributed by atoms with van der Waals surface area (Å²) in [6.07, 6.45) is 0. The largest absolute Gasteiger partial charge is 0.292 e. The van der Waals surface area contributed by atoms with Crippen LogP contribution in [-0.4, -0.2) is 14.5 Å². The molecule has 1 aliphatic carbocycles. The van der Waals surface area contributed by atoms with Crippen LogP contribution in [0.4, 0.5) is 5.69 Å². The number of rotatable bonds is 2. The fraction of sp³-hybridized carbons (Fsp3) is 0.0833. The predicted molar refractivity (Wildman–Crippen MR) is 163 cm³/mol. The van der Waals surface area contributed by atoms with Crippen molar-refractivity contribution in [2.24, 2.45) is 0 Å². The molecule has 1 aliphatic rings. The van der Waals surface area contributed by atoms with E-state index in [0.29, 0.717) is 5.69 Å². The van der Waals surface area contributed by atoms with Crippen molar-refractivity contribution in [3.05, 3.63) is 132 Å². The average Bonchev–Trinajstić information content (AvgIpc) is 3.43. The number of nitrogens with zero attached hydrogens (tertiary/aromatic N) is 4. The number of aromatic nitrogens is 3. The van der Waals surface area contributed by atoms with Gasteiger partial charge in [-0.3, -0.25) is 4.57 Å². The van der Waals surface area contributed by atoms with E-state index < -0.39 is 0 Å². The zero-order valence-corrected chi connectivity index (χ0v) is 22.2. The molecule has 4 heteroatoms. The first-order valence-corrected chi connectivity index (χ1v) is 13.5. The molecule has 0 amide bonds. The maximum absolute atomic E-state index is 7.64. The second-order valence-corrected chi connectivity index (χ2v) is 11.0. The van der Waals surface area contributed by atoms with Gasteiger partial charge in [0, 0.05) is 21.8 Å². The first-order chi connectivity index (χ1) is 19.5. The minimum absolute atomic E-state index is 0.296. The fourth-order valence-electron chi connectivity index (χ4n) is 6.37. The highest BCUT2D eigenvalue weighted by atomic mass is 15.1. The van der Waals surface area contributed by atoms with Gasteiger partial charge in [-0.1, -0.05) is 98.8 Å². The van der Waals surface area contributed by atoms with E-state index in [1.165, 1.54) is 27.1 Å². The lowest BCUT2D eigenvalue weighted by Crippen LogP contribution is -2.18. The number of benzene rings is 5. The van der Waals surface area contributed by atoms with Crippen LogP contribution >= 0.6 is 0 Å². The lowest BCUT2D eigenvalue weighted by atomic mass is 9.85. The Balaban J connectivity index is 1.54. The molecule has 188 valence electrons. The molecule has 2 aromatic heterocycles. The third kappa shape index (κ3) is 3.06. The van der Waals surface area contributed by atoms with Gasteiger partial charge in [0.05, 0.1) is 29.0 Å². The normalized spacial score (nSPS) is 13.4. The second kappa shape index (κ2) is 8.11. The molecule has 0 radical (unpaired) electrons. The molecular formula is C36H24N4. The van der Waals surface area contributed by atoms with Crippen molar-refractivity contribution in [2.45, 2.75) is 19.3 Å². The Morgan fingerprint density at radius 2 is 1.43 bits per heavy atom.